The minimum Gasteiger partial charge on any atom is -0.337 e. The minimum atomic E-state index is 0.260. The van der Waals surface area contributed by atoms with Gasteiger partial charge in [-0.1, -0.05) is 24.3 Å². The Morgan fingerprint density at radius 2 is 2.08 bits per heavy atom. The topological polar surface area (TPSA) is 54.3 Å². The molecular weight excluding hydrogens is 314 g/mol. The summed E-state index contributed by atoms with van der Waals surface area (Å²) in [6, 6.07) is 8.46. The second kappa shape index (κ2) is 7.35. The number of likely N-dealkylation sites (tertiary alicyclic amines) is 1. The number of nitrogens with zero attached hydrogens (tertiary/aromatic N) is 5. The highest BCUT2D eigenvalue weighted by Gasteiger charge is 2.26. The predicted octanol–water partition coefficient (Wildman–Crippen LogP) is 1.57. The van der Waals surface area contributed by atoms with Crippen LogP contribution in [0, 0.1) is 5.92 Å². The van der Waals surface area contributed by atoms with Crippen LogP contribution in [0.4, 0.5) is 0 Å². The summed E-state index contributed by atoms with van der Waals surface area (Å²) in [6.07, 6.45) is 6.67. The van der Waals surface area contributed by atoms with Crippen LogP contribution in [0.25, 0.3) is 0 Å². The lowest BCUT2D eigenvalue weighted by atomic mass is 9.97. The van der Waals surface area contributed by atoms with Crippen molar-refractivity contribution in [3.8, 4) is 0 Å². The number of carbonyl (C=O) groups is 1. The summed E-state index contributed by atoms with van der Waals surface area (Å²) in [5.41, 5.74) is 2.68. The molecule has 0 radical (unpaired) electrons. The molecule has 4 rings (SSSR count). The van der Waals surface area contributed by atoms with Crippen LogP contribution < -0.4 is 0 Å². The fourth-order valence-electron chi connectivity index (χ4n) is 4.04. The molecule has 25 heavy (non-hydrogen) atoms. The molecule has 0 N–H and O–H groups in total. The van der Waals surface area contributed by atoms with E-state index in [1.807, 2.05) is 9.58 Å². The molecule has 6 nitrogen and oxygen atoms in total. The number of carbonyl (C=O) groups excluding carboxylic acids is 1. The number of rotatable bonds is 4. The predicted molar refractivity (Wildman–Crippen MR) is 94.7 cm³/mol. The van der Waals surface area contributed by atoms with Gasteiger partial charge >= 0.3 is 0 Å². The molecule has 1 fully saturated rings. The largest absolute Gasteiger partial charge is 0.337 e. The summed E-state index contributed by atoms with van der Waals surface area (Å²) >= 11 is 0. The van der Waals surface area contributed by atoms with Crippen LogP contribution in [0.3, 0.4) is 0 Å². The lowest BCUT2D eigenvalue weighted by Gasteiger charge is -2.35. The van der Waals surface area contributed by atoms with Crippen LogP contribution in [0.2, 0.25) is 0 Å². The van der Waals surface area contributed by atoms with Gasteiger partial charge in [-0.2, -0.15) is 5.10 Å². The first-order valence-corrected chi connectivity index (χ1v) is 9.17. The van der Waals surface area contributed by atoms with Crippen molar-refractivity contribution in [3.05, 3.63) is 48.0 Å². The molecule has 0 bridgehead atoms. The summed E-state index contributed by atoms with van der Waals surface area (Å²) < 4.78 is 1.90. The number of hydrogen-bond donors (Lipinski definition) is 0. The third-order valence-corrected chi connectivity index (χ3v) is 5.36. The van der Waals surface area contributed by atoms with E-state index in [1.54, 1.807) is 12.7 Å². The van der Waals surface area contributed by atoms with Crippen molar-refractivity contribution >= 4 is 5.91 Å². The third-order valence-electron chi connectivity index (χ3n) is 5.36. The summed E-state index contributed by atoms with van der Waals surface area (Å²) in [5.74, 6) is 0.807. The molecule has 1 atom stereocenters. The van der Waals surface area contributed by atoms with Gasteiger partial charge in [0.15, 0.2) is 0 Å². The van der Waals surface area contributed by atoms with Gasteiger partial charge in [-0.3, -0.25) is 14.4 Å². The van der Waals surface area contributed by atoms with Crippen molar-refractivity contribution in [2.45, 2.75) is 32.4 Å². The average molecular weight is 339 g/mol. The van der Waals surface area contributed by atoms with Crippen molar-refractivity contribution in [1.82, 2.24) is 24.6 Å². The molecule has 2 aliphatic heterocycles. The van der Waals surface area contributed by atoms with Gasteiger partial charge in [-0.25, -0.2) is 4.98 Å². The number of fused-ring (bicyclic) bond motifs is 1. The van der Waals surface area contributed by atoms with E-state index < -0.39 is 0 Å². The second-order valence-corrected chi connectivity index (χ2v) is 7.19. The zero-order chi connectivity index (χ0) is 17.1. The van der Waals surface area contributed by atoms with Crippen molar-refractivity contribution in [2.24, 2.45) is 5.92 Å². The molecule has 1 saturated heterocycles. The first-order valence-electron chi connectivity index (χ1n) is 9.17. The molecule has 1 amide bonds. The number of aromatic nitrogens is 3. The number of piperidine rings is 1. The molecule has 132 valence electrons. The van der Waals surface area contributed by atoms with E-state index >= 15 is 0 Å². The van der Waals surface area contributed by atoms with E-state index in [-0.39, 0.29) is 5.91 Å². The lowest BCUT2D eigenvalue weighted by Crippen LogP contribution is -2.46. The van der Waals surface area contributed by atoms with E-state index in [4.69, 9.17) is 0 Å². The molecule has 0 spiro atoms. The van der Waals surface area contributed by atoms with E-state index in [1.165, 1.54) is 17.5 Å². The van der Waals surface area contributed by atoms with Gasteiger partial charge in [-0.15, -0.1) is 0 Å². The zero-order valence-electron chi connectivity index (χ0n) is 14.5. The van der Waals surface area contributed by atoms with Crippen LogP contribution >= 0.6 is 0 Å². The maximum atomic E-state index is 12.8. The smallest absolute Gasteiger partial charge is 0.237 e. The highest BCUT2D eigenvalue weighted by Crippen LogP contribution is 2.21. The molecule has 0 aliphatic carbocycles. The second-order valence-electron chi connectivity index (χ2n) is 7.19. The number of benzene rings is 1. The highest BCUT2D eigenvalue weighted by molar-refractivity contribution is 5.78. The van der Waals surface area contributed by atoms with Gasteiger partial charge in [0.05, 0.1) is 6.54 Å². The van der Waals surface area contributed by atoms with Crippen LogP contribution in [-0.2, 0) is 24.3 Å². The SMILES string of the molecule is O=C(CN1CCCC(Cn2cncn2)C1)N1CCc2ccccc2C1. The Kier molecular flexibility index (Phi) is 4.78. The van der Waals surface area contributed by atoms with E-state index in [0.29, 0.717) is 12.5 Å². The van der Waals surface area contributed by atoms with Crippen LogP contribution in [0.15, 0.2) is 36.9 Å². The number of amides is 1. The first-order chi connectivity index (χ1) is 12.3. The summed E-state index contributed by atoms with van der Waals surface area (Å²) in [5, 5.41) is 4.20. The quantitative estimate of drug-likeness (QED) is 0.849. The van der Waals surface area contributed by atoms with E-state index in [0.717, 1.165) is 45.6 Å². The Hall–Kier alpha value is -2.21. The van der Waals surface area contributed by atoms with Crippen LogP contribution in [0.1, 0.15) is 24.0 Å². The minimum absolute atomic E-state index is 0.260. The molecule has 6 heteroatoms. The van der Waals surface area contributed by atoms with Crippen molar-refractivity contribution in [2.75, 3.05) is 26.2 Å². The average Bonchev–Trinajstić information content (AvgIpc) is 3.14. The number of hydrogen-bond acceptors (Lipinski definition) is 4. The fraction of sp³-hybridized carbons (Fsp3) is 0.526. The van der Waals surface area contributed by atoms with E-state index in [2.05, 4.69) is 39.2 Å². The van der Waals surface area contributed by atoms with Gasteiger partial charge in [0.1, 0.15) is 12.7 Å². The van der Waals surface area contributed by atoms with Gasteiger partial charge in [-0.05, 0) is 42.9 Å². The molecule has 1 aromatic heterocycles. The Labute approximate surface area is 148 Å². The summed E-state index contributed by atoms with van der Waals surface area (Å²) in [4.78, 5) is 21.1. The lowest BCUT2D eigenvalue weighted by molar-refractivity contribution is -0.133. The Balaban J connectivity index is 1.32. The maximum absolute atomic E-state index is 12.8. The molecule has 1 unspecified atom stereocenters. The van der Waals surface area contributed by atoms with Gasteiger partial charge < -0.3 is 4.90 Å². The van der Waals surface area contributed by atoms with Crippen molar-refractivity contribution in [3.63, 3.8) is 0 Å². The van der Waals surface area contributed by atoms with Crippen molar-refractivity contribution in [1.29, 1.82) is 0 Å². The Morgan fingerprint density at radius 3 is 2.92 bits per heavy atom. The monoisotopic (exact) mass is 339 g/mol. The third kappa shape index (κ3) is 3.90. The maximum Gasteiger partial charge on any atom is 0.237 e. The normalized spacial score (nSPS) is 21.1. The fourth-order valence-corrected chi connectivity index (χ4v) is 4.04. The Morgan fingerprint density at radius 1 is 1.20 bits per heavy atom. The van der Waals surface area contributed by atoms with Gasteiger partial charge in [0, 0.05) is 26.2 Å². The molecule has 1 aromatic carbocycles. The molecular formula is C19H25N5O. The van der Waals surface area contributed by atoms with Crippen molar-refractivity contribution < 1.29 is 4.79 Å². The molecule has 2 aliphatic rings. The highest BCUT2D eigenvalue weighted by atomic mass is 16.2. The first kappa shape index (κ1) is 16.3. The Bertz CT molecular complexity index is 714. The molecule has 2 aromatic rings. The summed E-state index contributed by atoms with van der Waals surface area (Å²) in [7, 11) is 0. The zero-order valence-corrected chi connectivity index (χ0v) is 14.5. The summed E-state index contributed by atoms with van der Waals surface area (Å²) in [6.45, 7) is 5.01. The van der Waals surface area contributed by atoms with Gasteiger partial charge in [0.25, 0.3) is 0 Å². The van der Waals surface area contributed by atoms with Crippen LogP contribution in [0.5, 0.6) is 0 Å². The molecule has 3 heterocycles. The van der Waals surface area contributed by atoms with Crippen LogP contribution in [-0.4, -0.2) is 56.7 Å². The standard InChI is InChI=1S/C19H25N5O/c25-19(23-9-7-17-5-1-2-6-18(17)12-23)13-22-8-3-4-16(10-22)11-24-15-20-14-21-24/h1-2,5-6,14-16H,3-4,7-13H2. The molecule has 0 saturated carbocycles. The van der Waals surface area contributed by atoms with E-state index in [9.17, 15) is 4.79 Å². The van der Waals surface area contributed by atoms with Gasteiger partial charge in [0.2, 0.25) is 5.91 Å².